The fraction of sp³-hybridized carbons (Fsp3) is 0.167. The second-order valence-corrected chi connectivity index (χ2v) is 6.19. The smallest absolute Gasteiger partial charge is 0.0638 e. The number of hydrogen-bond acceptors (Lipinski definition) is 2. The highest BCUT2D eigenvalue weighted by molar-refractivity contribution is 9.10. The molecule has 0 atom stereocenters. The first-order chi connectivity index (χ1) is 7.65. The monoisotopic (exact) mass is 315 g/mol. The molecular formula is C12H11BrClNS. The summed E-state index contributed by atoms with van der Waals surface area (Å²) in [6, 6.07) is 10.1. The lowest BCUT2D eigenvalue weighted by atomic mass is 10.3. The summed E-state index contributed by atoms with van der Waals surface area (Å²) in [6.07, 6.45) is 0. The summed E-state index contributed by atoms with van der Waals surface area (Å²) < 4.78 is 1.03. The standard InChI is InChI=1S/C12H11BrClNS/c1-8-2-4-10(16-8)7-15-12-6-9(13)3-5-11(12)14/h2-6,15H,7H2,1H3. The van der Waals surface area contributed by atoms with Gasteiger partial charge in [0.1, 0.15) is 0 Å². The Labute approximate surface area is 113 Å². The second kappa shape index (κ2) is 5.21. The van der Waals surface area contributed by atoms with Crippen molar-refractivity contribution in [1.29, 1.82) is 0 Å². The van der Waals surface area contributed by atoms with Crippen molar-refractivity contribution >= 4 is 44.6 Å². The highest BCUT2D eigenvalue weighted by Gasteiger charge is 2.01. The van der Waals surface area contributed by atoms with Crippen molar-refractivity contribution in [1.82, 2.24) is 0 Å². The number of rotatable bonds is 3. The van der Waals surface area contributed by atoms with Crippen LogP contribution >= 0.6 is 38.9 Å². The molecule has 0 aliphatic rings. The number of aryl methyl sites for hydroxylation is 1. The van der Waals surface area contributed by atoms with Gasteiger partial charge in [0.25, 0.3) is 0 Å². The number of nitrogens with one attached hydrogen (secondary N) is 1. The lowest BCUT2D eigenvalue weighted by Gasteiger charge is -2.07. The molecule has 0 fully saturated rings. The summed E-state index contributed by atoms with van der Waals surface area (Å²) in [5.41, 5.74) is 0.960. The van der Waals surface area contributed by atoms with E-state index in [4.69, 9.17) is 11.6 Å². The molecule has 0 saturated carbocycles. The van der Waals surface area contributed by atoms with Crippen molar-refractivity contribution in [3.05, 3.63) is 49.6 Å². The van der Waals surface area contributed by atoms with Crippen molar-refractivity contribution in [2.24, 2.45) is 0 Å². The van der Waals surface area contributed by atoms with Gasteiger partial charge in [0.05, 0.1) is 10.7 Å². The minimum Gasteiger partial charge on any atom is -0.379 e. The Bertz CT molecular complexity index is 496. The van der Waals surface area contributed by atoms with Crippen LogP contribution < -0.4 is 5.32 Å². The first-order valence-corrected chi connectivity index (χ1v) is 6.88. The van der Waals surface area contributed by atoms with Crippen LogP contribution in [0.5, 0.6) is 0 Å². The molecule has 0 aliphatic carbocycles. The lowest BCUT2D eigenvalue weighted by Crippen LogP contribution is -1.97. The molecule has 0 unspecified atom stereocenters. The van der Waals surface area contributed by atoms with Gasteiger partial charge >= 0.3 is 0 Å². The van der Waals surface area contributed by atoms with Gasteiger partial charge < -0.3 is 5.32 Å². The normalized spacial score (nSPS) is 10.4. The van der Waals surface area contributed by atoms with E-state index < -0.39 is 0 Å². The van der Waals surface area contributed by atoms with Crippen molar-refractivity contribution < 1.29 is 0 Å². The van der Waals surface area contributed by atoms with E-state index in [1.54, 1.807) is 11.3 Å². The van der Waals surface area contributed by atoms with E-state index in [1.807, 2.05) is 18.2 Å². The molecule has 1 aromatic carbocycles. The van der Waals surface area contributed by atoms with Gasteiger partial charge in [0, 0.05) is 20.8 Å². The molecule has 1 heterocycles. The largest absolute Gasteiger partial charge is 0.379 e. The molecule has 1 aromatic heterocycles. The molecule has 0 aliphatic heterocycles. The third kappa shape index (κ3) is 3.00. The molecule has 1 N–H and O–H groups in total. The average molecular weight is 317 g/mol. The first kappa shape index (κ1) is 12.0. The van der Waals surface area contributed by atoms with Crippen LogP contribution in [0.2, 0.25) is 5.02 Å². The number of anilines is 1. The molecule has 0 saturated heterocycles. The summed E-state index contributed by atoms with van der Waals surface area (Å²) in [6.45, 7) is 2.93. The van der Waals surface area contributed by atoms with Crippen LogP contribution in [0, 0.1) is 6.92 Å². The van der Waals surface area contributed by atoms with Crippen LogP contribution in [0.4, 0.5) is 5.69 Å². The molecule has 0 amide bonds. The molecule has 4 heteroatoms. The summed E-state index contributed by atoms with van der Waals surface area (Å²) in [5, 5.41) is 4.08. The van der Waals surface area contributed by atoms with Gasteiger partial charge in [-0.1, -0.05) is 27.5 Å². The number of benzene rings is 1. The van der Waals surface area contributed by atoms with Gasteiger partial charge in [0.2, 0.25) is 0 Å². The van der Waals surface area contributed by atoms with Crippen LogP contribution in [-0.2, 0) is 6.54 Å². The minimum atomic E-state index is 0.747. The van der Waals surface area contributed by atoms with Crippen molar-refractivity contribution in [2.75, 3.05) is 5.32 Å². The van der Waals surface area contributed by atoms with Gasteiger partial charge in [0.15, 0.2) is 0 Å². The molecular weight excluding hydrogens is 306 g/mol. The maximum atomic E-state index is 6.09. The van der Waals surface area contributed by atoms with Crippen LogP contribution in [0.1, 0.15) is 9.75 Å². The van der Waals surface area contributed by atoms with Crippen LogP contribution in [0.25, 0.3) is 0 Å². The highest BCUT2D eigenvalue weighted by atomic mass is 79.9. The van der Waals surface area contributed by atoms with Gasteiger partial charge in [-0.15, -0.1) is 11.3 Å². The maximum absolute atomic E-state index is 6.09. The van der Waals surface area contributed by atoms with Crippen molar-refractivity contribution in [2.45, 2.75) is 13.5 Å². The Hall–Kier alpha value is -0.510. The highest BCUT2D eigenvalue weighted by Crippen LogP contribution is 2.26. The van der Waals surface area contributed by atoms with E-state index in [0.717, 1.165) is 21.7 Å². The Morgan fingerprint density at radius 1 is 1.31 bits per heavy atom. The van der Waals surface area contributed by atoms with E-state index in [2.05, 4.69) is 40.3 Å². The van der Waals surface area contributed by atoms with Crippen LogP contribution in [0.15, 0.2) is 34.8 Å². The molecule has 1 nitrogen and oxygen atoms in total. The molecule has 0 spiro atoms. The van der Waals surface area contributed by atoms with E-state index in [-0.39, 0.29) is 0 Å². The molecule has 0 radical (unpaired) electrons. The molecule has 84 valence electrons. The van der Waals surface area contributed by atoms with Crippen molar-refractivity contribution in [3.8, 4) is 0 Å². The van der Waals surface area contributed by atoms with Gasteiger partial charge in [-0.25, -0.2) is 0 Å². The minimum absolute atomic E-state index is 0.747. The van der Waals surface area contributed by atoms with Crippen LogP contribution in [-0.4, -0.2) is 0 Å². The van der Waals surface area contributed by atoms with E-state index in [0.29, 0.717) is 0 Å². The predicted molar refractivity (Wildman–Crippen MR) is 75.5 cm³/mol. The summed E-state index contributed by atoms with van der Waals surface area (Å²) in [5.74, 6) is 0. The second-order valence-electron chi connectivity index (χ2n) is 3.49. The molecule has 16 heavy (non-hydrogen) atoms. The summed E-state index contributed by atoms with van der Waals surface area (Å²) in [4.78, 5) is 2.64. The first-order valence-electron chi connectivity index (χ1n) is 4.89. The molecule has 2 rings (SSSR count). The van der Waals surface area contributed by atoms with Gasteiger partial charge in [-0.2, -0.15) is 0 Å². The Morgan fingerprint density at radius 2 is 2.12 bits per heavy atom. The SMILES string of the molecule is Cc1ccc(CNc2cc(Br)ccc2Cl)s1. The zero-order valence-electron chi connectivity index (χ0n) is 8.76. The van der Waals surface area contributed by atoms with E-state index in [1.165, 1.54) is 9.75 Å². The Morgan fingerprint density at radius 3 is 2.81 bits per heavy atom. The lowest BCUT2D eigenvalue weighted by molar-refractivity contribution is 1.19. The topological polar surface area (TPSA) is 12.0 Å². The van der Waals surface area contributed by atoms with Crippen LogP contribution in [0.3, 0.4) is 0 Å². The number of thiophene rings is 1. The van der Waals surface area contributed by atoms with E-state index >= 15 is 0 Å². The fourth-order valence-corrected chi connectivity index (χ4v) is 2.77. The average Bonchev–Trinajstić information content (AvgIpc) is 2.66. The summed E-state index contributed by atoms with van der Waals surface area (Å²) >= 11 is 11.3. The fourth-order valence-electron chi connectivity index (χ4n) is 1.40. The number of hydrogen-bond donors (Lipinski definition) is 1. The van der Waals surface area contributed by atoms with E-state index in [9.17, 15) is 0 Å². The summed E-state index contributed by atoms with van der Waals surface area (Å²) in [7, 11) is 0. The van der Waals surface area contributed by atoms with Gasteiger partial charge in [-0.3, -0.25) is 0 Å². The Kier molecular flexibility index (Phi) is 3.90. The quantitative estimate of drug-likeness (QED) is 0.832. The zero-order valence-corrected chi connectivity index (χ0v) is 11.9. The maximum Gasteiger partial charge on any atom is 0.0638 e. The molecule has 0 bridgehead atoms. The van der Waals surface area contributed by atoms with Crippen molar-refractivity contribution in [3.63, 3.8) is 0 Å². The number of halogens is 2. The molecule has 2 aromatic rings. The van der Waals surface area contributed by atoms with Gasteiger partial charge in [-0.05, 0) is 37.3 Å². The third-order valence-electron chi connectivity index (χ3n) is 2.18. The predicted octanol–water partition coefficient (Wildman–Crippen LogP) is 5.08. The third-order valence-corrected chi connectivity index (χ3v) is 4.00. The zero-order chi connectivity index (χ0) is 11.5. The Balaban J connectivity index is 2.07.